The van der Waals surface area contributed by atoms with E-state index in [0.29, 0.717) is 42.3 Å². The second kappa shape index (κ2) is 8.12. The van der Waals surface area contributed by atoms with Gasteiger partial charge in [-0.2, -0.15) is 4.80 Å². The predicted octanol–water partition coefficient (Wildman–Crippen LogP) is 2.40. The highest BCUT2D eigenvalue weighted by atomic mass is 35.5. The molecule has 3 heterocycles. The third-order valence-corrected chi connectivity index (χ3v) is 5.00. The highest BCUT2D eigenvalue weighted by molar-refractivity contribution is 6.30. The summed E-state index contributed by atoms with van der Waals surface area (Å²) in [4.78, 5) is 15.9. The van der Waals surface area contributed by atoms with Crippen LogP contribution < -0.4 is 0 Å². The number of halogens is 1. The molecule has 1 aliphatic rings. The fourth-order valence-corrected chi connectivity index (χ4v) is 3.52. The Labute approximate surface area is 172 Å². The minimum absolute atomic E-state index is 0.0561. The maximum Gasteiger partial charge on any atom is 0.246 e. The Bertz CT molecular complexity index is 1060. The Morgan fingerprint density at radius 3 is 2.90 bits per heavy atom. The number of rotatable bonds is 5. The molecule has 0 bridgehead atoms. The van der Waals surface area contributed by atoms with E-state index in [4.69, 9.17) is 16.0 Å². The van der Waals surface area contributed by atoms with Crippen LogP contribution in [0.15, 0.2) is 28.7 Å². The first kappa shape index (κ1) is 19.3. The monoisotopic (exact) mass is 413 g/mol. The molecule has 0 N–H and O–H groups in total. The molecule has 150 valence electrons. The van der Waals surface area contributed by atoms with Gasteiger partial charge in [0.15, 0.2) is 5.82 Å². The van der Waals surface area contributed by atoms with Crippen LogP contribution in [-0.2, 0) is 11.3 Å². The second-order valence-electron chi connectivity index (χ2n) is 6.97. The SMILES string of the molecule is Cc1nnn(Cc2cc(Cl)ccc2/C=C/C(=O)N2CCC(c3nnc(C)o3)C2)n1. The number of likely N-dealkylation sites (tertiary alicyclic amines) is 1. The quantitative estimate of drug-likeness (QED) is 0.591. The van der Waals surface area contributed by atoms with Crippen LogP contribution in [-0.4, -0.2) is 54.3 Å². The summed E-state index contributed by atoms with van der Waals surface area (Å²) in [5, 5.41) is 20.6. The van der Waals surface area contributed by atoms with Gasteiger partial charge in [-0.1, -0.05) is 17.7 Å². The molecule has 2 aromatic heterocycles. The van der Waals surface area contributed by atoms with Gasteiger partial charge in [-0.3, -0.25) is 4.79 Å². The molecule has 1 amide bonds. The van der Waals surface area contributed by atoms with Crippen LogP contribution in [0.4, 0.5) is 0 Å². The van der Waals surface area contributed by atoms with Crippen molar-refractivity contribution in [1.29, 1.82) is 0 Å². The zero-order chi connectivity index (χ0) is 20.4. The van der Waals surface area contributed by atoms with Crippen LogP contribution in [0.1, 0.15) is 41.1 Å². The van der Waals surface area contributed by atoms with E-state index in [1.807, 2.05) is 12.1 Å². The molecule has 0 saturated carbocycles. The van der Waals surface area contributed by atoms with E-state index in [0.717, 1.165) is 17.5 Å². The fraction of sp³-hybridized carbons (Fsp3) is 0.368. The van der Waals surface area contributed by atoms with Crippen molar-refractivity contribution >= 4 is 23.6 Å². The number of aryl methyl sites for hydroxylation is 2. The Morgan fingerprint density at radius 1 is 1.31 bits per heavy atom. The molecule has 1 atom stereocenters. The maximum absolute atomic E-state index is 12.6. The van der Waals surface area contributed by atoms with Crippen LogP contribution >= 0.6 is 11.6 Å². The second-order valence-corrected chi connectivity index (χ2v) is 7.41. The Kier molecular flexibility index (Phi) is 5.39. The van der Waals surface area contributed by atoms with E-state index in [1.54, 1.807) is 37.0 Å². The standard InChI is InChI=1S/C19H20ClN7O2/c1-12-21-25-27(24-12)11-16-9-17(20)5-3-14(16)4-6-18(28)26-8-7-15(10-26)19-23-22-13(2)29-19/h3-6,9,15H,7-8,10-11H2,1-2H3/b6-4+. The molecule has 0 spiro atoms. The lowest BCUT2D eigenvalue weighted by Gasteiger charge is -2.13. The van der Waals surface area contributed by atoms with E-state index in [9.17, 15) is 4.79 Å². The summed E-state index contributed by atoms with van der Waals surface area (Å²) < 4.78 is 5.50. The van der Waals surface area contributed by atoms with Gasteiger partial charge < -0.3 is 9.32 Å². The van der Waals surface area contributed by atoms with Crippen molar-refractivity contribution in [2.75, 3.05) is 13.1 Å². The minimum Gasteiger partial charge on any atom is -0.425 e. The van der Waals surface area contributed by atoms with Crippen LogP contribution in [0.5, 0.6) is 0 Å². The smallest absolute Gasteiger partial charge is 0.246 e. The summed E-state index contributed by atoms with van der Waals surface area (Å²) in [5.74, 6) is 1.76. The Morgan fingerprint density at radius 2 is 2.17 bits per heavy atom. The van der Waals surface area contributed by atoms with Crippen molar-refractivity contribution in [3.8, 4) is 0 Å². The van der Waals surface area contributed by atoms with E-state index >= 15 is 0 Å². The molecule has 1 unspecified atom stereocenters. The van der Waals surface area contributed by atoms with Gasteiger partial charge >= 0.3 is 0 Å². The van der Waals surface area contributed by atoms with Crippen LogP contribution in [0.3, 0.4) is 0 Å². The number of benzene rings is 1. The summed E-state index contributed by atoms with van der Waals surface area (Å²) >= 11 is 6.15. The average molecular weight is 414 g/mol. The molecule has 0 aliphatic carbocycles. The lowest BCUT2D eigenvalue weighted by Crippen LogP contribution is -2.26. The fourth-order valence-electron chi connectivity index (χ4n) is 3.32. The van der Waals surface area contributed by atoms with Gasteiger partial charge in [-0.25, -0.2) is 0 Å². The molecule has 1 saturated heterocycles. The summed E-state index contributed by atoms with van der Waals surface area (Å²) in [6, 6.07) is 5.51. The van der Waals surface area contributed by atoms with Gasteiger partial charge in [0.05, 0.1) is 12.5 Å². The van der Waals surface area contributed by atoms with Crippen molar-refractivity contribution in [3.05, 3.63) is 58.0 Å². The number of nitrogens with zero attached hydrogens (tertiary/aromatic N) is 7. The molecule has 3 aromatic rings. The highest BCUT2D eigenvalue weighted by Crippen LogP contribution is 2.26. The number of carbonyl (C=O) groups is 1. The topological polar surface area (TPSA) is 103 Å². The van der Waals surface area contributed by atoms with Crippen molar-refractivity contribution in [2.45, 2.75) is 32.7 Å². The normalized spacial score (nSPS) is 16.8. The Hall–Kier alpha value is -3.07. The van der Waals surface area contributed by atoms with Gasteiger partial charge in [0.2, 0.25) is 17.7 Å². The molecule has 29 heavy (non-hydrogen) atoms. The molecular weight excluding hydrogens is 394 g/mol. The largest absolute Gasteiger partial charge is 0.425 e. The predicted molar refractivity (Wildman–Crippen MR) is 105 cm³/mol. The number of tetrazole rings is 1. The van der Waals surface area contributed by atoms with Gasteiger partial charge in [-0.15, -0.1) is 20.4 Å². The van der Waals surface area contributed by atoms with E-state index in [1.165, 1.54) is 4.80 Å². The van der Waals surface area contributed by atoms with Crippen molar-refractivity contribution in [2.24, 2.45) is 0 Å². The zero-order valence-electron chi connectivity index (χ0n) is 16.1. The third kappa shape index (κ3) is 4.51. The molecule has 4 rings (SSSR count). The van der Waals surface area contributed by atoms with Crippen molar-refractivity contribution in [3.63, 3.8) is 0 Å². The highest BCUT2D eigenvalue weighted by Gasteiger charge is 2.29. The molecular formula is C19H20ClN7O2. The molecule has 9 nitrogen and oxygen atoms in total. The lowest BCUT2D eigenvalue weighted by molar-refractivity contribution is -0.125. The number of hydrogen-bond donors (Lipinski definition) is 0. The molecule has 1 aromatic carbocycles. The first-order valence-electron chi connectivity index (χ1n) is 9.28. The molecule has 0 radical (unpaired) electrons. The van der Waals surface area contributed by atoms with Crippen LogP contribution in [0.25, 0.3) is 6.08 Å². The Balaban J connectivity index is 1.45. The van der Waals surface area contributed by atoms with E-state index < -0.39 is 0 Å². The average Bonchev–Trinajstić information content (AvgIpc) is 3.42. The summed E-state index contributed by atoms with van der Waals surface area (Å²) in [6.07, 6.45) is 4.18. The van der Waals surface area contributed by atoms with Crippen molar-refractivity contribution < 1.29 is 9.21 Å². The number of amides is 1. The molecule has 10 heteroatoms. The summed E-state index contributed by atoms with van der Waals surface area (Å²) in [7, 11) is 0. The van der Waals surface area contributed by atoms with Gasteiger partial charge in [-0.05, 0) is 47.9 Å². The first-order valence-corrected chi connectivity index (χ1v) is 9.65. The number of aromatic nitrogens is 6. The van der Waals surface area contributed by atoms with E-state index in [-0.39, 0.29) is 11.8 Å². The van der Waals surface area contributed by atoms with Gasteiger partial charge in [0.25, 0.3) is 0 Å². The maximum atomic E-state index is 12.6. The third-order valence-electron chi connectivity index (χ3n) is 4.77. The lowest BCUT2D eigenvalue weighted by atomic mass is 10.1. The number of hydrogen-bond acceptors (Lipinski definition) is 7. The van der Waals surface area contributed by atoms with E-state index in [2.05, 4.69) is 25.6 Å². The molecule has 1 fully saturated rings. The van der Waals surface area contributed by atoms with Crippen LogP contribution in [0.2, 0.25) is 5.02 Å². The summed E-state index contributed by atoms with van der Waals surface area (Å²) in [5.41, 5.74) is 1.78. The summed E-state index contributed by atoms with van der Waals surface area (Å²) in [6.45, 7) is 5.18. The van der Waals surface area contributed by atoms with Gasteiger partial charge in [0, 0.05) is 31.1 Å². The number of carbonyl (C=O) groups excluding carboxylic acids is 1. The molecule has 1 aliphatic heterocycles. The van der Waals surface area contributed by atoms with Crippen LogP contribution in [0, 0.1) is 13.8 Å². The first-order chi connectivity index (χ1) is 14.0. The minimum atomic E-state index is -0.0561. The zero-order valence-corrected chi connectivity index (χ0v) is 16.9. The van der Waals surface area contributed by atoms with Crippen molar-refractivity contribution in [1.82, 2.24) is 35.3 Å². The van der Waals surface area contributed by atoms with Gasteiger partial charge in [0.1, 0.15) is 0 Å².